The number of methoxy groups -OCH3 is 1. The minimum absolute atomic E-state index is 0.0235. The third-order valence-electron chi connectivity index (χ3n) is 13.2. The Morgan fingerprint density at radius 1 is 1.06 bits per heavy atom. The summed E-state index contributed by atoms with van der Waals surface area (Å²) in [6.45, 7) is 16.4. The summed E-state index contributed by atoms with van der Waals surface area (Å²) in [5.41, 5.74) is 5.93. The zero-order valence-corrected chi connectivity index (χ0v) is 39.8. The molecule has 0 bridgehead atoms. The Hall–Kier alpha value is -4.07. The molecule has 1 aromatic carbocycles. The van der Waals surface area contributed by atoms with E-state index in [1.54, 1.807) is 23.6 Å². The number of unbranched alkanes of at least 4 members (excludes halogenated alkanes) is 1. The largest absolute Gasteiger partial charge is 0.458 e. The van der Waals surface area contributed by atoms with Gasteiger partial charge in [0.25, 0.3) is 0 Å². The first-order valence-corrected chi connectivity index (χ1v) is 23.6. The van der Waals surface area contributed by atoms with Crippen molar-refractivity contribution >= 4 is 35.7 Å². The molecule has 4 N–H and O–H groups in total. The number of nitrogens with zero attached hydrogens (tertiary/aromatic N) is 5. The Balaban J connectivity index is 0.00000250. The molecule has 3 aliphatic heterocycles. The van der Waals surface area contributed by atoms with Gasteiger partial charge in [-0.15, -0.1) is 5.10 Å². The Kier molecular flexibility index (Phi) is 17.8. The summed E-state index contributed by atoms with van der Waals surface area (Å²) in [7, 11) is 1.59. The van der Waals surface area contributed by atoms with Gasteiger partial charge in [0.1, 0.15) is 23.8 Å². The average molecular weight is 916 g/mol. The van der Waals surface area contributed by atoms with Crippen LogP contribution in [0.4, 0.5) is 14.4 Å². The van der Waals surface area contributed by atoms with Crippen LogP contribution in [0.2, 0.25) is 0 Å². The molecule has 3 fully saturated rings. The molecule has 0 radical (unpaired) electrons. The van der Waals surface area contributed by atoms with Crippen LogP contribution in [-0.4, -0.2) is 128 Å². The lowest BCUT2D eigenvalue weighted by Crippen LogP contribution is -2.61. The van der Waals surface area contributed by atoms with Crippen LogP contribution >= 0.6 is 12.1 Å². The second kappa shape index (κ2) is 22.4. The lowest BCUT2D eigenvalue weighted by Gasteiger charge is -2.46. The van der Waals surface area contributed by atoms with Crippen molar-refractivity contribution in [2.24, 2.45) is 17.8 Å². The molecule has 6 rings (SSSR count). The number of carbonyl (C=O) groups excluding carboxylic acids is 3. The number of halogens is 1. The van der Waals surface area contributed by atoms with Gasteiger partial charge in [0, 0.05) is 74.2 Å². The second-order valence-electron chi connectivity index (χ2n) is 18.1. The molecule has 3 unspecified atom stereocenters. The third-order valence-corrected chi connectivity index (χ3v) is 13.2. The van der Waals surface area contributed by atoms with E-state index in [1.807, 2.05) is 94.2 Å². The van der Waals surface area contributed by atoms with Crippen LogP contribution in [0.25, 0.3) is 11.3 Å². The molecule has 0 spiro atoms. The number of cyclic esters (lactones) is 1. The number of ketones is 1. The number of hydrogen-bond donors (Lipinski definition) is 3. The van der Waals surface area contributed by atoms with Gasteiger partial charge in [-0.2, -0.15) is 3.89 Å². The SMILES string of the molecule is CC[C@H]1OC(=O)[C@H](C)C(=O)[C@H](C)[C@@H](O[C@@H]2OC(C)CC(n3cccc3)C2O)[C@](C)(OC)C[C@@H](C)CN[C@H](C)[C@H]2N(CCCCn3cc(-c4cccc(N)c4)nn3)C(=O)O[C@]12C.CSF. The Morgan fingerprint density at radius 2 is 1.75 bits per heavy atom. The first kappa shape index (κ1) is 50.9. The molecule has 0 saturated carbocycles. The van der Waals surface area contributed by atoms with E-state index >= 15 is 0 Å². The number of esters is 1. The topological polar surface area (TPSA) is 195 Å². The number of nitrogen functional groups attached to an aromatic ring is 1. The summed E-state index contributed by atoms with van der Waals surface area (Å²) >= 11 is 0.250. The highest BCUT2D eigenvalue weighted by Crippen LogP contribution is 2.41. The fourth-order valence-electron chi connectivity index (χ4n) is 9.80. The lowest BCUT2D eigenvalue weighted by atomic mass is 9.78. The Morgan fingerprint density at radius 3 is 2.41 bits per heavy atom. The molecule has 3 aliphatic rings. The van der Waals surface area contributed by atoms with Gasteiger partial charge in [-0.25, -0.2) is 4.79 Å². The number of anilines is 1. The predicted octanol–water partition coefficient (Wildman–Crippen LogP) is 6.63. The van der Waals surface area contributed by atoms with Gasteiger partial charge >= 0.3 is 12.1 Å². The van der Waals surface area contributed by atoms with Gasteiger partial charge in [0.05, 0.1) is 36.1 Å². The second-order valence-corrected chi connectivity index (χ2v) is 18.4. The third kappa shape index (κ3) is 11.7. The molecule has 3 saturated heterocycles. The van der Waals surface area contributed by atoms with Crippen LogP contribution in [0.5, 0.6) is 0 Å². The summed E-state index contributed by atoms with van der Waals surface area (Å²) < 4.78 is 45.6. The molecule has 0 aliphatic carbocycles. The minimum Gasteiger partial charge on any atom is -0.458 e. The summed E-state index contributed by atoms with van der Waals surface area (Å²) in [5.74, 6) is -3.21. The molecular formula is C46H70FN7O9S. The number of hydrogen-bond acceptors (Lipinski definition) is 14. The molecule has 64 heavy (non-hydrogen) atoms. The number of ether oxygens (including phenoxy) is 5. The number of Topliss-reactive ketones (excluding diaryl/α,β-unsaturated/α-hetero) is 1. The van der Waals surface area contributed by atoms with E-state index in [9.17, 15) is 23.4 Å². The highest BCUT2D eigenvalue weighted by atomic mass is 32.2. The minimum atomic E-state index is -1.24. The van der Waals surface area contributed by atoms with Crippen molar-refractivity contribution in [1.82, 2.24) is 29.8 Å². The number of aliphatic hydroxyl groups excluding tert-OH is 1. The summed E-state index contributed by atoms with van der Waals surface area (Å²) in [6.07, 6.45) is 5.16. The van der Waals surface area contributed by atoms with Crippen LogP contribution in [0.1, 0.15) is 93.5 Å². The van der Waals surface area contributed by atoms with Crippen molar-refractivity contribution in [1.29, 1.82) is 0 Å². The van der Waals surface area contributed by atoms with Crippen molar-refractivity contribution in [2.75, 3.05) is 32.2 Å². The van der Waals surface area contributed by atoms with Gasteiger partial charge in [-0.05, 0) is 103 Å². The van der Waals surface area contributed by atoms with Crippen LogP contribution in [0.15, 0.2) is 55.0 Å². The van der Waals surface area contributed by atoms with E-state index in [0.29, 0.717) is 57.4 Å². The van der Waals surface area contributed by atoms with Crippen molar-refractivity contribution in [3.8, 4) is 11.3 Å². The molecular weight excluding hydrogens is 846 g/mol. The normalized spacial score (nSPS) is 34.2. The maximum absolute atomic E-state index is 14.5. The van der Waals surface area contributed by atoms with E-state index in [1.165, 1.54) is 13.2 Å². The first-order valence-electron chi connectivity index (χ1n) is 22.5. The number of aliphatic hydroxyl groups is 1. The molecule has 3 aromatic rings. The first-order chi connectivity index (χ1) is 30.4. The lowest BCUT2D eigenvalue weighted by molar-refractivity contribution is -0.294. The summed E-state index contributed by atoms with van der Waals surface area (Å²) in [6, 6.07) is 10.2. The molecule has 18 heteroatoms. The average Bonchev–Trinajstić information content (AvgIpc) is 4.03. The van der Waals surface area contributed by atoms with Gasteiger partial charge in [0.2, 0.25) is 0 Å². The quantitative estimate of drug-likeness (QED) is 0.0803. The van der Waals surface area contributed by atoms with Gasteiger partial charge in [0.15, 0.2) is 17.7 Å². The number of aryl methyl sites for hydroxylation is 1. The van der Waals surface area contributed by atoms with Crippen molar-refractivity contribution < 1.29 is 47.1 Å². The highest BCUT2D eigenvalue weighted by Gasteiger charge is 2.58. The molecule has 356 valence electrons. The number of amides is 1. The van der Waals surface area contributed by atoms with Gasteiger partial charge in [-0.3, -0.25) is 19.2 Å². The molecule has 2 aromatic heterocycles. The fraction of sp³-hybridized carbons (Fsp3) is 0.674. The van der Waals surface area contributed by atoms with Crippen LogP contribution in [0.3, 0.4) is 0 Å². The molecule has 16 nitrogen and oxygen atoms in total. The zero-order chi connectivity index (χ0) is 46.9. The van der Waals surface area contributed by atoms with Crippen molar-refractivity contribution in [3.05, 3.63) is 55.0 Å². The Labute approximate surface area is 381 Å². The van der Waals surface area contributed by atoms with Crippen LogP contribution < -0.4 is 11.1 Å². The zero-order valence-electron chi connectivity index (χ0n) is 39.0. The number of nitrogens with two attached hydrogens (primary N) is 1. The van der Waals surface area contributed by atoms with Gasteiger partial charge < -0.3 is 44.4 Å². The van der Waals surface area contributed by atoms with Crippen molar-refractivity contribution in [3.63, 3.8) is 0 Å². The summed E-state index contributed by atoms with van der Waals surface area (Å²) in [4.78, 5) is 44.1. The van der Waals surface area contributed by atoms with E-state index in [0.717, 1.165) is 11.3 Å². The summed E-state index contributed by atoms with van der Waals surface area (Å²) in [5, 5.41) is 24.0. The maximum atomic E-state index is 14.5. The van der Waals surface area contributed by atoms with Crippen molar-refractivity contribution in [2.45, 2.75) is 154 Å². The van der Waals surface area contributed by atoms with Gasteiger partial charge in [-0.1, -0.05) is 38.1 Å². The van der Waals surface area contributed by atoms with E-state index in [4.69, 9.17) is 29.4 Å². The number of carbonyl (C=O) groups is 3. The van der Waals surface area contributed by atoms with E-state index in [2.05, 4.69) is 22.6 Å². The number of aromatic nitrogens is 4. The molecule has 5 heterocycles. The number of benzene rings is 1. The monoisotopic (exact) mass is 915 g/mol. The van der Waals surface area contributed by atoms with E-state index < -0.39 is 71.5 Å². The number of fused-ring (bicyclic) bond motifs is 1. The maximum Gasteiger partial charge on any atom is 0.410 e. The Bertz CT molecular complexity index is 1980. The standard InChI is InChI=1S/C45H67N7O9.CH3FS/c1-10-36-45(8)39(52(43(56)61-45)21-14-13-20-51-26-34(48-49-51)32-16-15-17-33(46)23-32)31(6)47-25-27(2)24-44(7,57-9)40(29(4)37(53)30(5)41(55)59-36)60-42-38(54)35(22-28(3)58-42)50-18-11-12-19-50;1-3-2/h11-12,15-19,23,26-31,35-36,38-40,42,47,54H,10,13-14,20-22,24-25,46H2,1-9H3;1H3/t27-,28?,29+,30-,31-,35?,36-,38?,39-,40-,42+,44-,45-;/m1./s1. The fourth-order valence-corrected chi connectivity index (χ4v) is 9.80. The predicted molar refractivity (Wildman–Crippen MR) is 243 cm³/mol. The molecule has 1 amide bonds. The molecule has 13 atom stereocenters. The van der Waals surface area contributed by atoms with Crippen LogP contribution in [0, 0.1) is 17.8 Å². The highest BCUT2D eigenvalue weighted by molar-refractivity contribution is 7.93. The van der Waals surface area contributed by atoms with Crippen LogP contribution in [-0.2, 0) is 39.8 Å². The van der Waals surface area contributed by atoms with E-state index in [-0.39, 0.29) is 36.3 Å². The number of nitrogens with one attached hydrogen (secondary N) is 1. The smallest absolute Gasteiger partial charge is 0.410 e. The number of rotatable bonds is 11.